The van der Waals surface area contributed by atoms with Crippen molar-refractivity contribution in [1.82, 2.24) is 24.1 Å². The standard InChI is InChI=1S/C24H22FN5O2/c1-14(31)19-13-24(2,3)20-18(19)12-16(11-15-5-7-17(25)8-6-15)21-28-30(23(32)29(20)21)22-26-9-4-10-27-22/h4-10,12,19H,11,13H2,1-3H3. The lowest BCUT2D eigenvalue weighted by Crippen LogP contribution is -2.27. The van der Waals surface area contributed by atoms with Crippen LogP contribution in [0.25, 0.3) is 11.6 Å². The highest BCUT2D eigenvalue weighted by molar-refractivity contribution is 5.85. The number of hydrogen-bond acceptors (Lipinski definition) is 5. The van der Waals surface area contributed by atoms with Crippen molar-refractivity contribution in [2.45, 2.75) is 44.9 Å². The largest absolute Gasteiger partial charge is 0.358 e. The summed E-state index contributed by atoms with van der Waals surface area (Å²) >= 11 is 0. The zero-order chi connectivity index (χ0) is 22.6. The maximum Gasteiger partial charge on any atom is 0.358 e. The normalized spacial score (nSPS) is 16.9. The predicted octanol–water partition coefficient (Wildman–Crippen LogP) is 3.36. The summed E-state index contributed by atoms with van der Waals surface area (Å²) in [5, 5.41) is 4.59. The molecule has 0 amide bonds. The van der Waals surface area contributed by atoms with Crippen LogP contribution in [0.2, 0.25) is 0 Å². The van der Waals surface area contributed by atoms with Gasteiger partial charge in [0.15, 0.2) is 5.65 Å². The van der Waals surface area contributed by atoms with Crippen LogP contribution < -0.4 is 5.69 Å². The zero-order valence-electron chi connectivity index (χ0n) is 18.0. The van der Waals surface area contributed by atoms with Crippen molar-refractivity contribution in [2.24, 2.45) is 0 Å². The highest BCUT2D eigenvalue weighted by atomic mass is 19.1. The lowest BCUT2D eigenvalue weighted by Gasteiger charge is -2.20. The lowest BCUT2D eigenvalue weighted by atomic mass is 9.88. The van der Waals surface area contributed by atoms with Gasteiger partial charge in [0.05, 0.1) is 0 Å². The van der Waals surface area contributed by atoms with Crippen LogP contribution in [-0.2, 0) is 16.6 Å². The van der Waals surface area contributed by atoms with E-state index < -0.39 is 5.41 Å². The Morgan fingerprint density at radius 2 is 1.88 bits per heavy atom. The number of carbonyl (C=O) groups is 1. The smallest absolute Gasteiger partial charge is 0.299 e. The summed E-state index contributed by atoms with van der Waals surface area (Å²) in [6.07, 6.45) is 4.16. The molecule has 0 bridgehead atoms. The van der Waals surface area contributed by atoms with Gasteiger partial charge in [-0.05, 0) is 48.7 Å². The van der Waals surface area contributed by atoms with Gasteiger partial charge in [-0.15, -0.1) is 9.78 Å². The molecule has 7 nitrogen and oxygen atoms in total. The maximum absolute atomic E-state index is 13.6. The van der Waals surface area contributed by atoms with Crippen LogP contribution in [0.5, 0.6) is 0 Å². The van der Waals surface area contributed by atoms with E-state index in [4.69, 9.17) is 0 Å². The second kappa shape index (κ2) is 7.19. The van der Waals surface area contributed by atoms with E-state index in [1.165, 1.54) is 16.8 Å². The fourth-order valence-electron chi connectivity index (χ4n) is 4.75. The van der Waals surface area contributed by atoms with Crippen LogP contribution in [0, 0.1) is 5.82 Å². The van der Waals surface area contributed by atoms with Crippen molar-refractivity contribution in [2.75, 3.05) is 0 Å². The molecule has 4 aromatic rings. The van der Waals surface area contributed by atoms with Gasteiger partial charge >= 0.3 is 5.69 Å². The first kappa shape index (κ1) is 20.2. The van der Waals surface area contributed by atoms with Gasteiger partial charge in [-0.25, -0.2) is 23.6 Å². The van der Waals surface area contributed by atoms with Gasteiger partial charge < -0.3 is 0 Å². The number of hydrogen-bond donors (Lipinski definition) is 0. The molecule has 3 aromatic heterocycles. The molecular weight excluding hydrogens is 409 g/mol. The molecule has 32 heavy (non-hydrogen) atoms. The van der Waals surface area contributed by atoms with Gasteiger partial charge in [-0.2, -0.15) is 0 Å². The number of rotatable bonds is 4. The number of carbonyl (C=O) groups excluding carboxylic acids is 1. The molecule has 0 spiro atoms. The van der Waals surface area contributed by atoms with Crippen molar-refractivity contribution in [1.29, 1.82) is 0 Å². The van der Waals surface area contributed by atoms with E-state index in [0.717, 1.165) is 22.4 Å². The maximum atomic E-state index is 13.6. The average molecular weight is 431 g/mol. The first-order valence-corrected chi connectivity index (χ1v) is 10.5. The Morgan fingerprint density at radius 3 is 2.53 bits per heavy atom. The predicted molar refractivity (Wildman–Crippen MR) is 117 cm³/mol. The topological polar surface area (TPSA) is 82.2 Å². The molecule has 1 aromatic carbocycles. The molecular formula is C24H22FN5O2. The Kier molecular flexibility index (Phi) is 4.54. The highest BCUT2D eigenvalue weighted by Crippen LogP contribution is 2.46. The van der Waals surface area contributed by atoms with E-state index in [9.17, 15) is 14.0 Å². The van der Waals surface area contributed by atoms with E-state index in [2.05, 4.69) is 15.1 Å². The number of fused-ring (bicyclic) bond motifs is 3. The molecule has 1 aliphatic rings. The molecule has 162 valence electrons. The number of halogens is 1. The zero-order valence-corrected chi connectivity index (χ0v) is 18.0. The van der Waals surface area contributed by atoms with Crippen LogP contribution in [0.3, 0.4) is 0 Å². The summed E-state index contributed by atoms with van der Waals surface area (Å²) in [5.41, 5.74) is 3.02. The molecule has 1 atom stereocenters. The molecule has 8 heteroatoms. The molecule has 0 saturated heterocycles. The van der Waals surface area contributed by atoms with E-state index in [1.54, 1.807) is 41.9 Å². The third-order valence-electron chi connectivity index (χ3n) is 6.16. The SMILES string of the molecule is CC(=O)C1CC(C)(C)c2c1cc(Cc1ccc(F)cc1)c1nn(-c3ncccn3)c(=O)n21. The molecule has 3 heterocycles. The van der Waals surface area contributed by atoms with E-state index in [0.29, 0.717) is 18.5 Å². The van der Waals surface area contributed by atoms with Crippen molar-refractivity contribution < 1.29 is 9.18 Å². The monoisotopic (exact) mass is 431 g/mol. The Morgan fingerprint density at radius 1 is 1.19 bits per heavy atom. The summed E-state index contributed by atoms with van der Waals surface area (Å²) in [5.74, 6) is -0.357. The Balaban J connectivity index is 1.82. The quantitative estimate of drug-likeness (QED) is 0.495. The van der Waals surface area contributed by atoms with Gasteiger partial charge in [0.1, 0.15) is 11.6 Å². The third kappa shape index (κ3) is 3.14. The molecule has 0 saturated carbocycles. The summed E-state index contributed by atoms with van der Waals surface area (Å²) in [6.45, 7) is 5.66. The number of nitrogens with zero attached hydrogens (tertiary/aromatic N) is 5. The van der Waals surface area contributed by atoms with Gasteiger partial charge in [0.25, 0.3) is 5.95 Å². The third-order valence-corrected chi connectivity index (χ3v) is 6.16. The molecule has 1 aliphatic carbocycles. The average Bonchev–Trinajstić information content (AvgIpc) is 3.24. The fraction of sp³-hybridized carbons (Fsp3) is 0.292. The van der Waals surface area contributed by atoms with E-state index in [-0.39, 0.29) is 29.2 Å². The Bertz CT molecular complexity index is 1400. The van der Waals surface area contributed by atoms with Crippen molar-refractivity contribution >= 4 is 11.4 Å². The summed E-state index contributed by atoms with van der Waals surface area (Å²) in [4.78, 5) is 34.4. The van der Waals surface area contributed by atoms with Crippen LogP contribution in [0.4, 0.5) is 4.39 Å². The summed E-state index contributed by atoms with van der Waals surface area (Å²) < 4.78 is 16.2. The molecule has 0 radical (unpaired) electrons. The Labute approximate surface area is 183 Å². The molecule has 1 unspecified atom stereocenters. The summed E-state index contributed by atoms with van der Waals surface area (Å²) in [7, 11) is 0. The minimum Gasteiger partial charge on any atom is -0.299 e. The number of pyridine rings is 1. The molecule has 0 aliphatic heterocycles. The minimum atomic E-state index is -0.395. The van der Waals surface area contributed by atoms with E-state index >= 15 is 0 Å². The van der Waals surface area contributed by atoms with E-state index in [1.807, 2.05) is 19.9 Å². The second-order valence-corrected chi connectivity index (χ2v) is 8.93. The van der Waals surface area contributed by atoms with Gasteiger partial charge in [0.2, 0.25) is 0 Å². The molecule has 0 fully saturated rings. The van der Waals surface area contributed by atoms with Gasteiger partial charge in [-0.1, -0.05) is 26.0 Å². The number of benzene rings is 1. The first-order chi connectivity index (χ1) is 15.3. The molecule has 5 rings (SSSR count). The first-order valence-electron chi connectivity index (χ1n) is 10.5. The second-order valence-electron chi connectivity index (χ2n) is 8.93. The molecule has 0 N–H and O–H groups in total. The number of Topliss-reactive ketones (excluding diaryl/α,β-unsaturated/α-hetero) is 1. The van der Waals surface area contributed by atoms with Crippen LogP contribution in [0.1, 0.15) is 55.5 Å². The van der Waals surface area contributed by atoms with Crippen LogP contribution >= 0.6 is 0 Å². The summed E-state index contributed by atoms with van der Waals surface area (Å²) in [6, 6.07) is 9.88. The Hall–Kier alpha value is -3.68. The van der Waals surface area contributed by atoms with Crippen molar-refractivity contribution in [3.63, 3.8) is 0 Å². The van der Waals surface area contributed by atoms with Crippen LogP contribution in [0.15, 0.2) is 53.6 Å². The van der Waals surface area contributed by atoms with Crippen LogP contribution in [-0.4, -0.2) is 29.9 Å². The lowest BCUT2D eigenvalue weighted by molar-refractivity contribution is -0.118. The minimum absolute atomic E-state index is 0.0655. The van der Waals surface area contributed by atoms with Crippen molar-refractivity contribution in [3.8, 4) is 5.95 Å². The van der Waals surface area contributed by atoms with Gasteiger partial charge in [-0.3, -0.25) is 4.79 Å². The van der Waals surface area contributed by atoms with Gasteiger partial charge in [0, 0.05) is 41.4 Å². The highest BCUT2D eigenvalue weighted by Gasteiger charge is 2.42. The van der Waals surface area contributed by atoms with Crippen molar-refractivity contribution in [3.05, 3.63) is 87.5 Å². The number of aromatic nitrogens is 5. The number of ketones is 1. The fourth-order valence-corrected chi connectivity index (χ4v) is 4.75.